The highest BCUT2D eigenvalue weighted by molar-refractivity contribution is 5.90. The Kier molecular flexibility index (Phi) is 10.1. The van der Waals surface area contributed by atoms with Crippen molar-refractivity contribution in [3.05, 3.63) is 311 Å². The molecule has 0 spiro atoms. The molecule has 11 rings (SSSR count). The van der Waals surface area contributed by atoms with Crippen molar-refractivity contribution in [2.75, 3.05) is 4.90 Å². The average Bonchev–Trinajstić information content (AvgIpc) is 3.83. The maximum Gasteiger partial charge on any atom is 0.0714 e. The van der Waals surface area contributed by atoms with Crippen molar-refractivity contribution in [2.24, 2.45) is 0 Å². The van der Waals surface area contributed by atoms with Gasteiger partial charge >= 0.3 is 0 Å². The normalized spacial score (nSPS) is 14.5. The van der Waals surface area contributed by atoms with Crippen molar-refractivity contribution in [1.82, 2.24) is 0 Å². The number of allylic oxidation sites excluding steroid dienone is 3. The lowest BCUT2D eigenvalue weighted by atomic mass is 9.67. The quantitative estimate of drug-likeness (QED) is 0.118. The molecule has 0 saturated heterocycles. The minimum Gasteiger partial charge on any atom is -0.335 e. The van der Waals surface area contributed by atoms with Crippen LogP contribution in [-0.2, 0) is 17.3 Å². The van der Waals surface area contributed by atoms with Gasteiger partial charge in [-0.05, 0) is 110 Å². The van der Waals surface area contributed by atoms with Gasteiger partial charge < -0.3 is 4.90 Å². The number of hydrogen-bond donors (Lipinski definition) is 0. The number of rotatable bonds is 11. The number of benzene rings is 9. The molecule has 0 saturated carbocycles. The van der Waals surface area contributed by atoms with E-state index in [1.54, 1.807) is 0 Å². The third-order valence-corrected chi connectivity index (χ3v) is 13.7. The number of nitrogens with zero attached hydrogens (tertiary/aromatic N) is 1. The van der Waals surface area contributed by atoms with Crippen LogP contribution in [0.25, 0.3) is 22.3 Å². The SMILES string of the molecule is CC(/C=C\C=C/Cc1ccccc1)N(c1ccc2c(c1)C(c1ccccc1)(c1ccccc1)c1ccccc1-2)c1ccc2c(c1)C(c1ccccc1)(c1ccccc1)c1ccccc1-2. The minimum atomic E-state index is -0.509. The molecule has 0 heterocycles. The Morgan fingerprint density at radius 2 is 0.734 bits per heavy atom. The van der Waals surface area contributed by atoms with Gasteiger partial charge in [0.25, 0.3) is 0 Å². The van der Waals surface area contributed by atoms with E-state index in [0.717, 1.165) is 17.8 Å². The molecule has 0 aliphatic heterocycles. The molecule has 0 fully saturated rings. The lowest BCUT2D eigenvalue weighted by Gasteiger charge is -2.37. The van der Waals surface area contributed by atoms with E-state index in [0.29, 0.717) is 0 Å². The maximum atomic E-state index is 2.55. The molecular weight excluding hydrogens is 771 g/mol. The molecule has 0 amide bonds. The van der Waals surface area contributed by atoms with Gasteiger partial charge in [-0.2, -0.15) is 0 Å². The predicted molar refractivity (Wildman–Crippen MR) is 268 cm³/mol. The van der Waals surface area contributed by atoms with Gasteiger partial charge in [0.2, 0.25) is 0 Å². The minimum absolute atomic E-state index is 0.00395. The van der Waals surface area contributed by atoms with Gasteiger partial charge in [0, 0.05) is 17.4 Å². The second-order valence-corrected chi connectivity index (χ2v) is 17.1. The third-order valence-electron chi connectivity index (χ3n) is 13.7. The Morgan fingerprint density at radius 3 is 1.16 bits per heavy atom. The molecule has 9 aromatic rings. The molecular formula is C63H49N. The van der Waals surface area contributed by atoms with Gasteiger partial charge in [0.15, 0.2) is 0 Å². The van der Waals surface area contributed by atoms with Crippen LogP contribution < -0.4 is 4.90 Å². The first-order valence-electron chi connectivity index (χ1n) is 22.6. The Hall–Kier alpha value is -7.74. The number of fused-ring (bicyclic) bond motifs is 6. The summed E-state index contributed by atoms with van der Waals surface area (Å²) in [5.74, 6) is 0. The van der Waals surface area contributed by atoms with E-state index in [2.05, 4.69) is 273 Å². The van der Waals surface area contributed by atoms with Gasteiger partial charge in [-0.1, -0.05) is 237 Å². The standard InChI is InChI=1S/C63H49N/c1-46(24-8-2-9-25-47-26-10-3-11-27-47)64(52-40-42-56-54-36-20-22-38-58(54)62(60(56)44-52,48-28-12-4-13-29-48)49-30-14-5-15-31-49)53-41-43-57-55-37-21-23-39-59(55)63(61(57)45-53,50-32-16-6-17-33-50)51-34-18-7-19-35-51/h2-24,26-46H,25H2,1H3/b9-2-,24-8-. The van der Waals surface area contributed by atoms with Crippen LogP contribution in [-0.4, -0.2) is 6.04 Å². The van der Waals surface area contributed by atoms with Crippen LogP contribution >= 0.6 is 0 Å². The van der Waals surface area contributed by atoms with Crippen LogP contribution in [0.15, 0.2) is 261 Å². The fourth-order valence-electron chi connectivity index (χ4n) is 11.0. The summed E-state index contributed by atoms with van der Waals surface area (Å²) in [6, 6.07) is 87.6. The van der Waals surface area contributed by atoms with E-state index in [1.807, 2.05) is 0 Å². The van der Waals surface area contributed by atoms with Crippen LogP contribution in [0.2, 0.25) is 0 Å². The Bertz CT molecular complexity index is 2870. The van der Waals surface area contributed by atoms with Crippen molar-refractivity contribution in [3.63, 3.8) is 0 Å². The van der Waals surface area contributed by atoms with Gasteiger partial charge in [-0.3, -0.25) is 0 Å². The highest BCUT2D eigenvalue weighted by Crippen LogP contribution is 2.59. The Morgan fingerprint density at radius 1 is 0.375 bits per heavy atom. The molecule has 1 unspecified atom stereocenters. The topological polar surface area (TPSA) is 3.24 Å². The average molecular weight is 820 g/mol. The number of anilines is 2. The van der Waals surface area contributed by atoms with Crippen LogP contribution in [0.1, 0.15) is 57.0 Å². The molecule has 9 aromatic carbocycles. The molecule has 1 atom stereocenters. The lowest BCUT2D eigenvalue weighted by molar-refractivity contribution is 0.763. The molecule has 0 radical (unpaired) electrons. The van der Waals surface area contributed by atoms with E-state index >= 15 is 0 Å². The highest BCUT2D eigenvalue weighted by atomic mass is 15.2. The van der Waals surface area contributed by atoms with E-state index in [4.69, 9.17) is 0 Å². The molecule has 306 valence electrons. The summed E-state index contributed by atoms with van der Waals surface area (Å²) in [6.45, 7) is 2.33. The zero-order valence-electron chi connectivity index (χ0n) is 36.1. The molecule has 0 bridgehead atoms. The monoisotopic (exact) mass is 819 g/mol. The smallest absolute Gasteiger partial charge is 0.0714 e. The van der Waals surface area contributed by atoms with Crippen LogP contribution in [0.3, 0.4) is 0 Å². The lowest BCUT2D eigenvalue weighted by Crippen LogP contribution is -2.31. The van der Waals surface area contributed by atoms with Crippen molar-refractivity contribution in [2.45, 2.75) is 30.2 Å². The van der Waals surface area contributed by atoms with Gasteiger partial charge in [0.1, 0.15) is 0 Å². The molecule has 1 heteroatoms. The summed E-state index contributed by atoms with van der Waals surface area (Å²) in [6.07, 6.45) is 9.91. The van der Waals surface area contributed by atoms with E-state index in [1.165, 1.54) is 72.3 Å². The van der Waals surface area contributed by atoms with Gasteiger partial charge in [-0.25, -0.2) is 0 Å². The first-order valence-corrected chi connectivity index (χ1v) is 22.6. The molecule has 64 heavy (non-hydrogen) atoms. The molecule has 0 N–H and O–H groups in total. The molecule has 0 aromatic heterocycles. The van der Waals surface area contributed by atoms with Gasteiger partial charge in [0.05, 0.1) is 10.8 Å². The summed E-state index contributed by atoms with van der Waals surface area (Å²) in [5.41, 5.74) is 18.0. The van der Waals surface area contributed by atoms with Crippen molar-refractivity contribution in [1.29, 1.82) is 0 Å². The van der Waals surface area contributed by atoms with Gasteiger partial charge in [-0.15, -0.1) is 0 Å². The molecule has 1 nitrogen and oxygen atoms in total. The molecule has 2 aliphatic rings. The summed E-state index contributed by atoms with van der Waals surface area (Å²) >= 11 is 0. The van der Waals surface area contributed by atoms with Crippen molar-refractivity contribution >= 4 is 11.4 Å². The van der Waals surface area contributed by atoms with E-state index < -0.39 is 10.8 Å². The van der Waals surface area contributed by atoms with Crippen molar-refractivity contribution < 1.29 is 0 Å². The second-order valence-electron chi connectivity index (χ2n) is 17.1. The maximum absolute atomic E-state index is 2.55. The van der Waals surface area contributed by atoms with Crippen molar-refractivity contribution in [3.8, 4) is 22.3 Å². The Balaban J connectivity index is 1.13. The summed E-state index contributed by atoms with van der Waals surface area (Å²) in [7, 11) is 0. The summed E-state index contributed by atoms with van der Waals surface area (Å²) in [4.78, 5) is 2.55. The van der Waals surface area contributed by atoms with E-state index in [-0.39, 0.29) is 6.04 Å². The zero-order chi connectivity index (χ0) is 42.9. The summed E-state index contributed by atoms with van der Waals surface area (Å²) < 4.78 is 0. The first-order chi connectivity index (χ1) is 31.7. The zero-order valence-corrected chi connectivity index (χ0v) is 36.1. The van der Waals surface area contributed by atoms with Crippen LogP contribution in [0, 0.1) is 0 Å². The largest absolute Gasteiger partial charge is 0.335 e. The third kappa shape index (κ3) is 6.30. The summed E-state index contributed by atoms with van der Waals surface area (Å²) in [5, 5.41) is 0. The first kappa shape index (κ1) is 39.1. The van der Waals surface area contributed by atoms with Crippen LogP contribution in [0.4, 0.5) is 11.4 Å². The fourth-order valence-corrected chi connectivity index (χ4v) is 11.0. The fraction of sp³-hybridized carbons (Fsp3) is 0.0794. The van der Waals surface area contributed by atoms with Crippen LogP contribution in [0.5, 0.6) is 0 Å². The second kappa shape index (κ2) is 16.5. The predicted octanol–water partition coefficient (Wildman–Crippen LogP) is 15.3. The Labute approximate surface area is 378 Å². The molecule has 2 aliphatic carbocycles. The van der Waals surface area contributed by atoms with E-state index in [9.17, 15) is 0 Å². The number of hydrogen-bond acceptors (Lipinski definition) is 1. The highest BCUT2D eigenvalue weighted by Gasteiger charge is 2.48.